The van der Waals surface area contributed by atoms with E-state index in [0.717, 1.165) is 0 Å². The lowest BCUT2D eigenvalue weighted by molar-refractivity contribution is -0.153. The largest absolute Gasteiger partial charge is 0.504 e. The fourth-order valence-corrected chi connectivity index (χ4v) is 4.02. The van der Waals surface area contributed by atoms with Crippen molar-refractivity contribution in [2.75, 3.05) is 44.3 Å². The normalized spacial score (nSPS) is 20.4. The Morgan fingerprint density at radius 3 is 2.50 bits per heavy atom. The van der Waals surface area contributed by atoms with E-state index >= 15 is 0 Å². The molecule has 1 aromatic heterocycles. The number of benzene rings is 1. The number of carbonyl (C=O) groups excluding carboxylic acids is 2. The Balaban J connectivity index is 1.61. The monoisotopic (exact) mass is 468 g/mol. The number of carbonyl (C=O) groups is 2. The molecule has 180 valence electrons. The number of phenolic OH excluding ortho intramolecular Hbond substituents is 1. The minimum atomic E-state index is -1.15. The first-order valence-corrected chi connectivity index (χ1v) is 11.3. The maximum Gasteiger partial charge on any atom is 0.321 e. The third kappa shape index (κ3) is 4.87. The molecule has 2 atom stereocenters. The minimum Gasteiger partial charge on any atom is -0.504 e. The summed E-state index contributed by atoms with van der Waals surface area (Å²) in [5, 5.41) is 12.9. The second-order valence-electron chi connectivity index (χ2n) is 7.80. The van der Waals surface area contributed by atoms with Gasteiger partial charge in [0.25, 0.3) is 0 Å². The maximum atomic E-state index is 13.1. The van der Waals surface area contributed by atoms with Gasteiger partial charge in [0.2, 0.25) is 17.8 Å². The Labute approximate surface area is 197 Å². The van der Waals surface area contributed by atoms with Gasteiger partial charge in [-0.25, -0.2) is 15.0 Å². The fourth-order valence-electron chi connectivity index (χ4n) is 4.02. The van der Waals surface area contributed by atoms with Crippen molar-refractivity contribution < 1.29 is 24.2 Å². The number of guanidine groups is 1. The van der Waals surface area contributed by atoms with Crippen molar-refractivity contribution in [3.8, 4) is 11.5 Å². The van der Waals surface area contributed by atoms with Gasteiger partial charge in [-0.1, -0.05) is 6.07 Å². The standard InChI is InChI=1S/C23H28N6O5/c1-3-33-17-14-15(6-7-16(17)30)19-18(21(32)34-4-2)20(31)27-23(26-19)29-12-10-28(11-13-29)22-24-8-5-9-25-22/h5-9,14,18-19,30H,3-4,10-13H2,1-2H3,(H,26,27,31)/t18-,19+/m0/s1. The number of hydrogen-bond donors (Lipinski definition) is 2. The molecule has 0 spiro atoms. The van der Waals surface area contributed by atoms with Crippen LogP contribution in [0.1, 0.15) is 25.5 Å². The lowest BCUT2D eigenvalue weighted by atomic mass is 9.91. The van der Waals surface area contributed by atoms with Crippen LogP contribution in [0.15, 0.2) is 41.7 Å². The van der Waals surface area contributed by atoms with Gasteiger partial charge in [0.05, 0.1) is 13.2 Å². The van der Waals surface area contributed by atoms with Gasteiger partial charge in [-0.05, 0) is 37.6 Å². The number of ether oxygens (including phenoxy) is 2. The van der Waals surface area contributed by atoms with Crippen molar-refractivity contribution >= 4 is 23.8 Å². The predicted octanol–water partition coefficient (Wildman–Crippen LogP) is 1.11. The number of piperazine rings is 1. The van der Waals surface area contributed by atoms with Crippen LogP contribution in [0.5, 0.6) is 11.5 Å². The highest BCUT2D eigenvalue weighted by Gasteiger charge is 2.42. The van der Waals surface area contributed by atoms with Crippen molar-refractivity contribution in [3.63, 3.8) is 0 Å². The van der Waals surface area contributed by atoms with Crippen molar-refractivity contribution in [2.45, 2.75) is 19.9 Å². The summed E-state index contributed by atoms with van der Waals surface area (Å²) in [5.41, 5.74) is 0.572. The smallest absolute Gasteiger partial charge is 0.321 e. The molecule has 0 aliphatic carbocycles. The Kier molecular flexibility index (Phi) is 7.09. The third-order valence-corrected chi connectivity index (χ3v) is 5.67. The highest BCUT2D eigenvalue weighted by atomic mass is 16.5. The van der Waals surface area contributed by atoms with Gasteiger partial charge in [0, 0.05) is 38.6 Å². The van der Waals surface area contributed by atoms with Crippen LogP contribution < -0.4 is 15.0 Å². The molecular weight excluding hydrogens is 440 g/mol. The Morgan fingerprint density at radius 2 is 1.82 bits per heavy atom. The zero-order valence-electron chi connectivity index (χ0n) is 19.2. The molecule has 2 aromatic rings. The van der Waals surface area contributed by atoms with E-state index in [1.54, 1.807) is 44.4 Å². The average molecular weight is 469 g/mol. The number of nitrogens with zero attached hydrogens (tertiary/aromatic N) is 5. The first-order valence-electron chi connectivity index (χ1n) is 11.3. The number of aromatic nitrogens is 2. The lowest BCUT2D eigenvalue weighted by Gasteiger charge is -2.38. The van der Waals surface area contributed by atoms with E-state index in [9.17, 15) is 14.7 Å². The first-order chi connectivity index (χ1) is 16.5. The number of phenols is 1. The highest BCUT2D eigenvalue weighted by molar-refractivity contribution is 6.08. The number of hydrogen-bond acceptors (Lipinski definition) is 10. The Bertz CT molecular complexity index is 1060. The van der Waals surface area contributed by atoms with Crippen LogP contribution in [0.4, 0.5) is 5.95 Å². The SMILES string of the molecule is CCOC(=O)[C@@H]1C(=O)NC(N2CCN(c3ncccn3)CC2)=N[C@@H]1c1ccc(O)c(OCC)c1. The summed E-state index contributed by atoms with van der Waals surface area (Å²) >= 11 is 0. The molecule has 11 nitrogen and oxygen atoms in total. The molecule has 1 aromatic carbocycles. The Hall–Kier alpha value is -3.89. The molecular formula is C23H28N6O5. The van der Waals surface area contributed by atoms with Crippen molar-refractivity contribution in [1.29, 1.82) is 0 Å². The van der Waals surface area contributed by atoms with E-state index in [0.29, 0.717) is 50.3 Å². The molecule has 2 aliphatic heterocycles. The van der Waals surface area contributed by atoms with E-state index < -0.39 is 23.8 Å². The molecule has 0 bridgehead atoms. The van der Waals surface area contributed by atoms with Gasteiger partial charge in [-0.2, -0.15) is 0 Å². The van der Waals surface area contributed by atoms with Crippen LogP contribution in [-0.4, -0.2) is 77.2 Å². The van der Waals surface area contributed by atoms with E-state index in [-0.39, 0.29) is 18.1 Å². The molecule has 3 heterocycles. The van der Waals surface area contributed by atoms with Crippen LogP contribution in [0.2, 0.25) is 0 Å². The summed E-state index contributed by atoms with van der Waals surface area (Å²) < 4.78 is 10.7. The molecule has 4 rings (SSSR count). The molecule has 11 heteroatoms. The minimum absolute atomic E-state index is 0.0259. The van der Waals surface area contributed by atoms with Gasteiger partial charge in [-0.3, -0.25) is 14.9 Å². The van der Waals surface area contributed by atoms with Gasteiger partial charge in [0.1, 0.15) is 6.04 Å². The molecule has 1 saturated heterocycles. The molecule has 1 fully saturated rings. The topological polar surface area (TPSA) is 129 Å². The van der Waals surface area contributed by atoms with E-state index in [1.807, 2.05) is 4.90 Å². The maximum absolute atomic E-state index is 13.1. The number of nitrogens with one attached hydrogen (secondary N) is 1. The average Bonchev–Trinajstić information content (AvgIpc) is 2.86. The van der Waals surface area contributed by atoms with E-state index in [1.165, 1.54) is 6.07 Å². The summed E-state index contributed by atoms with van der Waals surface area (Å²) in [6, 6.07) is 5.67. The molecule has 0 unspecified atom stereocenters. The predicted molar refractivity (Wildman–Crippen MR) is 124 cm³/mol. The van der Waals surface area contributed by atoms with Crippen LogP contribution >= 0.6 is 0 Å². The van der Waals surface area contributed by atoms with Gasteiger partial charge in [-0.15, -0.1) is 0 Å². The van der Waals surface area contributed by atoms with Crippen molar-refractivity contribution in [2.24, 2.45) is 10.9 Å². The van der Waals surface area contributed by atoms with Crippen LogP contribution in [0.3, 0.4) is 0 Å². The zero-order valence-corrected chi connectivity index (χ0v) is 19.2. The third-order valence-electron chi connectivity index (χ3n) is 5.67. The number of aromatic hydroxyl groups is 1. The van der Waals surface area contributed by atoms with E-state index in [2.05, 4.69) is 20.2 Å². The Morgan fingerprint density at radius 1 is 1.12 bits per heavy atom. The quantitative estimate of drug-likeness (QED) is 0.473. The van der Waals surface area contributed by atoms with Crippen LogP contribution in [-0.2, 0) is 14.3 Å². The highest BCUT2D eigenvalue weighted by Crippen LogP contribution is 2.36. The lowest BCUT2D eigenvalue weighted by Crippen LogP contribution is -2.57. The van der Waals surface area contributed by atoms with Crippen molar-refractivity contribution in [1.82, 2.24) is 20.2 Å². The summed E-state index contributed by atoms with van der Waals surface area (Å²) in [6.07, 6.45) is 3.41. The number of esters is 1. The van der Waals surface area contributed by atoms with E-state index in [4.69, 9.17) is 14.5 Å². The van der Waals surface area contributed by atoms with Gasteiger partial charge < -0.3 is 24.4 Å². The molecule has 2 aliphatic rings. The summed E-state index contributed by atoms with van der Waals surface area (Å²) in [6.45, 7) is 6.48. The molecule has 1 amide bonds. The number of rotatable bonds is 6. The summed E-state index contributed by atoms with van der Waals surface area (Å²) in [5.74, 6) is -0.983. The molecule has 0 saturated carbocycles. The number of anilines is 1. The van der Waals surface area contributed by atoms with Gasteiger partial charge in [0.15, 0.2) is 17.4 Å². The van der Waals surface area contributed by atoms with Crippen molar-refractivity contribution in [3.05, 3.63) is 42.2 Å². The summed E-state index contributed by atoms with van der Waals surface area (Å²) in [7, 11) is 0. The van der Waals surface area contributed by atoms with Crippen LogP contribution in [0, 0.1) is 5.92 Å². The molecule has 0 radical (unpaired) electrons. The zero-order chi connectivity index (χ0) is 24.1. The number of amides is 1. The van der Waals surface area contributed by atoms with Gasteiger partial charge >= 0.3 is 5.97 Å². The summed E-state index contributed by atoms with van der Waals surface area (Å²) in [4.78, 5) is 43.1. The molecule has 34 heavy (non-hydrogen) atoms. The fraction of sp³-hybridized carbons (Fsp3) is 0.435. The second-order valence-corrected chi connectivity index (χ2v) is 7.80. The first kappa shape index (κ1) is 23.3. The number of aliphatic imine (C=N–C) groups is 1. The van der Waals surface area contributed by atoms with Crippen LogP contribution in [0.25, 0.3) is 0 Å². The second kappa shape index (κ2) is 10.4. The molecule has 2 N–H and O–H groups in total.